The average Bonchev–Trinajstić information content (AvgIpc) is 2.52. The maximum atomic E-state index is 12.4. The molecule has 4 heteroatoms. The highest BCUT2D eigenvalue weighted by Crippen LogP contribution is 2.23. The van der Waals surface area contributed by atoms with Crippen LogP contribution in [0.3, 0.4) is 0 Å². The van der Waals surface area contributed by atoms with E-state index in [1.54, 1.807) is 0 Å². The first-order valence-corrected chi connectivity index (χ1v) is 8.18. The second-order valence-corrected chi connectivity index (χ2v) is 6.35. The predicted octanol–water partition coefficient (Wildman–Crippen LogP) is 4.50. The van der Waals surface area contributed by atoms with Crippen LogP contribution in [0.15, 0.2) is 48.5 Å². The van der Waals surface area contributed by atoms with E-state index in [4.69, 9.17) is 11.6 Å². The molecule has 0 aromatic heterocycles. The van der Waals surface area contributed by atoms with Crippen LogP contribution in [0.4, 0.5) is 5.69 Å². The zero-order valence-corrected chi connectivity index (χ0v) is 14.6. The summed E-state index contributed by atoms with van der Waals surface area (Å²) < 4.78 is 0. The Morgan fingerprint density at radius 2 is 1.83 bits per heavy atom. The molecule has 0 heterocycles. The summed E-state index contributed by atoms with van der Waals surface area (Å²) >= 11 is 6.10. The van der Waals surface area contributed by atoms with Gasteiger partial charge in [-0.05, 0) is 44.0 Å². The number of carbonyl (C=O) groups excluding carboxylic acids is 1. The molecule has 2 aromatic carbocycles. The lowest BCUT2D eigenvalue weighted by Crippen LogP contribution is -2.37. The van der Waals surface area contributed by atoms with Crippen molar-refractivity contribution in [2.75, 3.05) is 11.9 Å². The summed E-state index contributed by atoms with van der Waals surface area (Å²) in [6, 6.07) is 16.0. The van der Waals surface area contributed by atoms with Crippen LogP contribution in [0.1, 0.15) is 25.0 Å². The molecule has 0 radical (unpaired) electrons. The van der Waals surface area contributed by atoms with Crippen molar-refractivity contribution in [2.24, 2.45) is 0 Å². The van der Waals surface area contributed by atoms with Crippen molar-refractivity contribution in [3.05, 3.63) is 64.7 Å². The second kappa shape index (κ2) is 8.14. The summed E-state index contributed by atoms with van der Waals surface area (Å²) in [5, 5.41) is 3.62. The average molecular weight is 331 g/mol. The maximum absolute atomic E-state index is 12.4. The van der Waals surface area contributed by atoms with Gasteiger partial charge < -0.3 is 5.32 Å². The van der Waals surface area contributed by atoms with Gasteiger partial charge in [0.05, 0.1) is 6.54 Å². The first-order valence-electron chi connectivity index (χ1n) is 7.80. The van der Waals surface area contributed by atoms with Crippen LogP contribution >= 0.6 is 11.6 Å². The first-order chi connectivity index (χ1) is 11.0. The van der Waals surface area contributed by atoms with E-state index in [9.17, 15) is 4.79 Å². The molecule has 0 saturated carbocycles. The summed E-state index contributed by atoms with van der Waals surface area (Å²) in [6.45, 7) is 7.20. The van der Waals surface area contributed by atoms with E-state index in [1.807, 2.05) is 43.3 Å². The third-order valence-electron chi connectivity index (χ3n) is 3.85. The minimum absolute atomic E-state index is 0.0278. The minimum atomic E-state index is -0.0278. The highest BCUT2D eigenvalue weighted by atomic mass is 35.5. The fourth-order valence-electron chi connectivity index (χ4n) is 2.36. The number of anilines is 1. The van der Waals surface area contributed by atoms with Crippen LogP contribution in [-0.2, 0) is 11.3 Å². The number of benzene rings is 2. The van der Waals surface area contributed by atoms with Crippen LogP contribution < -0.4 is 5.32 Å². The number of hydrogen-bond donors (Lipinski definition) is 1. The molecular formula is C19H23ClN2O. The smallest absolute Gasteiger partial charge is 0.238 e. The van der Waals surface area contributed by atoms with Crippen LogP contribution in [0, 0.1) is 6.92 Å². The van der Waals surface area contributed by atoms with E-state index < -0.39 is 0 Å². The molecule has 23 heavy (non-hydrogen) atoms. The zero-order chi connectivity index (χ0) is 16.8. The van der Waals surface area contributed by atoms with Crippen molar-refractivity contribution in [3.8, 4) is 0 Å². The van der Waals surface area contributed by atoms with Gasteiger partial charge >= 0.3 is 0 Å². The monoisotopic (exact) mass is 330 g/mol. The van der Waals surface area contributed by atoms with Gasteiger partial charge in [0.1, 0.15) is 0 Å². The van der Waals surface area contributed by atoms with Crippen LogP contribution in [0.2, 0.25) is 5.02 Å². The van der Waals surface area contributed by atoms with E-state index in [0.717, 1.165) is 17.8 Å². The van der Waals surface area contributed by atoms with Gasteiger partial charge in [-0.25, -0.2) is 0 Å². The quantitative estimate of drug-likeness (QED) is 0.846. The SMILES string of the molecule is Cc1c(Cl)cccc1NC(=O)CN(Cc1ccccc1)C(C)C. The van der Waals surface area contributed by atoms with Gasteiger partial charge in [-0.15, -0.1) is 0 Å². The number of amides is 1. The Bertz CT molecular complexity index is 656. The summed E-state index contributed by atoms with van der Waals surface area (Å²) in [5.41, 5.74) is 2.86. The van der Waals surface area contributed by atoms with Gasteiger partial charge in [-0.1, -0.05) is 48.0 Å². The van der Waals surface area contributed by atoms with Crippen molar-refractivity contribution < 1.29 is 4.79 Å². The van der Waals surface area contributed by atoms with Crippen LogP contribution in [-0.4, -0.2) is 23.4 Å². The van der Waals surface area contributed by atoms with Gasteiger partial charge in [-0.3, -0.25) is 9.69 Å². The fourth-order valence-corrected chi connectivity index (χ4v) is 2.53. The maximum Gasteiger partial charge on any atom is 0.238 e. The molecule has 0 aliphatic heterocycles. The highest BCUT2D eigenvalue weighted by Gasteiger charge is 2.15. The molecule has 2 aromatic rings. The molecule has 0 spiro atoms. The van der Waals surface area contributed by atoms with E-state index in [1.165, 1.54) is 5.56 Å². The largest absolute Gasteiger partial charge is 0.325 e. The number of rotatable bonds is 6. The molecule has 0 bridgehead atoms. The summed E-state index contributed by atoms with van der Waals surface area (Å²) in [7, 11) is 0. The molecule has 3 nitrogen and oxygen atoms in total. The molecular weight excluding hydrogens is 308 g/mol. The standard InChI is InChI=1S/C19H23ClN2O/c1-14(2)22(12-16-8-5-4-6-9-16)13-19(23)21-18-11-7-10-17(20)15(18)3/h4-11,14H,12-13H2,1-3H3,(H,21,23). The Morgan fingerprint density at radius 1 is 1.13 bits per heavy atom. The normalized spacial score (nSPS) is 11.0. The van der Waals surface area contributed by atoms with Crippen LogP contribution in [0.5, 0.6) is 0 Å². The summed E-state index contributed by atoms with van der Waals surface area (Å²) in [4.78, 5) is 14.5. The number of halogens is 1. The van der Waals surface area contributed by atoms with E-state index >= 15 is 0 Å². The number of hydrogen-bond acceptors (Lipinski definition) is 2. The molecule has 1 amide bonds. The lowest BCUT2D eigenvalue weighted by atomic mass is 10.2. The molecule has 0 unspecified atom stereocenters. The van der Waals surface area contributed by atoms with Crippen molar-refractivity contribution in [3.63, 3.8) is 0 Å². The van der Waals surface area contributed by atoms with Crippen molar-refractivity contribution in [1.82, 2.24) is 4.90 Å². The molecule has 0 aliphatic rings. The van der Waals surface area contributed by atoms with Crippen molar-refractivity contribution in [2.45, 2.75) is 33.4 Å². The second-order valence-electron chi connectivity index (χ2n) is 5.94. The Hall–Kier alpha value is -1.84. The minimum Gasteiger partial charge on any atom is -0.325 e. The van der Waals surface area contributed by atoms with Crippen molar-refractivity contribution in [1.29, 1.82) is 0 Å². The Kier molecular flexibility index (Phi) is 6.20. The Morgan fingerprint density at radius 3 is 2.48 bits per heavy atom. The lowest BCUT2D eigenvalue weighted by molar-refractivity contribution is -0.117. The van der Waals surface area contributed by atoms with Gasteiger partial charge in [0.2, 0.25) is 5.91 Å². The zero-order valence-electron chi connectivity index (χ0n) is 13.8. The Labute approximate surface area is 143 Å². The molecule has 0 aliphatic carbocycles. The molecule has 122 valence electrons. The summed E-state index contributed by atoms with van der Waals surface area (Å²) in [5.74, 6) is -0.0278. The first kappa shape index (κ1) is 17.5. The molecule has 0 atom stereocenters. The van der Waals surface area contributed by atoms with E-state index in [2.05, 4.69) is 36.2 Å². The van der Waals surface area contributed by atoms with Gasteiger partial charge in [0.15, 0.2) is 0 Å². The van der Waals surface area contributed by atoms with Gasteiger partial charge in [0.25, 0.3) is 0 Å². The van der Waals surface area contributed by atoms with E-state index in [-0.39, 0.29) is 11.9 Å². The predicted molar refractivity (Wildman–Crippen MR) is 96.8 cm³/mol. The molecule has 0 fully saturated rings. The highest BCUT2D eigenvalue weighted by molar-refractivity contribution is 6.31. The third-order valence-corrected chi connectivity index (χ3v) is 4.26. The Balaban J connectivity index is 2.02. The van der Waals surface area contributed by atoms with Crippen LogP contribution in [0.25, 0.3) is 0 Å². The van der Waals surface area contributed by atoms with Crippen molar-refractivity contribution >= 4 is 23.2 Å². The number of nitrogens with one attached hydrogen (secondary N) is 1. The lowest BCUT2D eigenvalue weighted by Gasteiger charge is -2.26. The number of carbonyl (C=O) groups is 1. The third kappa shape index (κ3) is 5.08. The molecule has 0 saturated heterocycles. The number of nitrogens with zero attached hydrogens (tertiary/aromatic N) is 1. The summed E-state index contributed by atoms with van der Waals surface area (Å²) in [6.07, 6.45) is 0. The molecule has 1 N–H and O–H groups in total. The fraction of sp³-hybridized carbons (Fsp3) is 0.316. The van der Waals surface area contributed by atoms with Gasteiger partial charge in [0, 0.05) is 23.3 Å². The topological polar surface area (TPSA) is 32.3 Å². The van der Waals surface area contributed by atoms with E-state index in [0.29, 0.717) is 11.6 Å². The molecule has 2 rings (SSSR count). The van der Waals surface area contributed by atoms with Gasteiger partial charge in [-0.2, -0.15) is 0 Å².